The van der Waals surface area contributed by atoms with E-state index in [1.807, 2.05) is 0 Å². The van der Waals surface area contributed by atoms with E-state index in [0.29, 0.717) is 0 Å². The highest BCUT2D eigenvalue weighted by molar-refractivity contribution is 4.75. The smallest absolute Gasteiger partial charge is 0.0107 e. The average Bonchev–Trinajstić information content (AvgIpc) is 2.86. The predicted octanol–water partition coefficient (Wildman–Crippen LogP) is 3.42. The molecule has 1 N–H and O–H groups in total. The third kappa shape index (κ3) is 7.05. The second kappa shape index (κ2) is 9.90. The molecule has 2 heteroatoms. The lowest BCUT2D eigenvalue weighted by Gasteiger charge is -2.23. The SMILES string of the molecule is CCCCCCCNCCN(C)C1CCCC1. The molecule has 1 aliphatic rings. The molecule has 0 aromatic carbocycles. The fraction of sp³-hybridized carbons (Fsp3) is 1.00. The number of likely N-dealkylation sites (N-methyl/N-ethyl adjacent to an activating group) is 1. The molecular weight excluding hydrogens is 208 g/mol. The fourth-order valence-corrected chi connectivity index (χ4v) is 2.76. The van der Waals surface area contributed by atoms with Gasteiger partial charge in [-0.1, -0.05) is 45.4 Å². The zero-order chi connectivity index (χ0) is 12.3. The van der Waals surface area contributed by atoms with Gasteiger partial charge in [0.2, 0.25) is 0 Å². The first-order valence-electron chi connectivity index (χ1n) is 7.75. The second-order valence-electron chi connectivity index (χ2n) is 5.58. The monoisotopic (exact) mass is 240 g/mol. The van der Waals surface area contributed by atoms with E-state index in [2.05, 4.69) is 24.2 Å². The van der Waals surface area contributed by atoms with Crippen LogP contribution in [0, 0.1) is 0 Å². The van der Waals surface area contributed by atoms with E-state index in [0.717, 1.165) is 6.04 Å². The van der Waals surface area contributed by atoms with Crippen LogP contribution in [-0.2, 0) is 0 Å². The van der Waals surface area contributed by atoms with Gasteiger partial charge in [0.25, 0.3) is 0 Å². The molecule has 0 atom stereocenters. The molecule has 0 amide bonds. The Labute approximate surface area is 108 Å². The minimum absolute atomic E-state index is 0.876. The summed E-state index contributed by atoms with van der Waals surface area (Å²) in [5.74, 6) is 0. The largest absolute Gasteiger partial charge is 0.315 e. The summed E-state index contributed by atoms with van der Waals surface area (Å²) >= 11 is 0. The molecule has 1 aliphatic carbocycles. The van der Waals surface area contributed by atoms with Gasteiger partial charge in [-0.2, -0.15) is 0 Å². The van der Waals surface area contributed by atoms with Gasteiger partial charge in [-0.3, -0.25) is 0 Å². The minimum atomic E-state index is 0.876. The van der Waals surface area contributed by atoms with Crippen molar-refractivity contribution in [3.63, 3.8) is 0 Å². The van der Waals surface area contributed by atoms with Gasteiger partial charge in [0, 0.05) is 19.1 Å². The van der Waals surface area contributed by atoms with Crippen LogP contribution in [0.5, 0.6) is 0 Å². The highest BCUT2D eigenvalue weighted by Crippen LogP contribution is 2.21. The lowest BCUT2D eigenvalue weighted by molar-refractivity contribution is 0.245. The summed E-state index contributed by atoms with van der Waals surface area (Å²) in [6.07, 6.45) is 12.7. The Kier molecular flexibility index (Phi) is 8.72. The van der Waals surface area contributed by atoms with Crippen molar-refractivity contribution in [2.24, 2.45) is 0 Å². The van der Waals surface area contributed by atoms with Crippen molar-refractivity contribution in [1.29, 1.82) is 0 Å². The van der Waals surface area contributed by atoms with Gasteiger partial charge in [-0.15, -0.1) is 0 Å². The van der Waals surface area contributed by atoms with Gasteiger partial charge in [0.15, 0.2) is 0 Å². The maximum Gasteiger partial charge on any atom is 0.0107 e. The molecule has 0 saturated heterocycles. The third-order valence-electron chi connectivity index (χ3n) is 4.05. The zero-order valence-corrected chi connectivity index (χ0v) is 12.0. The summed E-state index contributed by atoms with van der Waals surface area (Å²) in [6.45, 7) is 5.87. The lowest BCUT2D eigenvalue weighted by Crippen LogP contribution is -2.35. The quantitative estimate of drug-likeness (QED) is 0.589. The van der Waals surface area contributed by atoms with Crippen LogP contribution in [0.15, 0.2) is 0 Å². The molecule has 2 nitrogen and oxygen atoms in total. The van der Waals surface area contributed by atoms with E-state index in [1.165, 1.54) is 77.4 Å². The van der Waals surface area contributed by atoms with E-state index in [9.17, 15) is 0 Å². The first-order valence-corrected chi connectivity index (χ1v) is 7.75. The second-order valence-corrected chi connectivity index (χ2v) is 5.58. The normalized spacial score (nSPS) is 17.1. The van der Waals surface area contributed by atoms with E-state index in [4.69, 9.17) is 0 Å². The molecule has 0 unspecified atom stereocenters. The van der Waals surface area contributed by atoms with Crippen LogP contribution in [0.4, 0.5) is 0 Å². The molecule has 1 saturated carbocycles. The van der Waals surface area contributed by atoms with Crippen LogP contribution in [0.25, 0.3) is 0 Å². The molecule has 1 rings (SSSR count). The van der Waals surface area contributed by atoms with E-state index in [-0.39, 0.29) is 0 Å². The summed E-state index contributed by atoms with van der Waals surface area (Å²) in [4.78, 5) is 2.55. The first-order chi connectivity index (χ1) is 8.34. The predicted molar refractivity (Wildman–Crippen MR) is 76.5 cm³/mol. The third-order valence-corrected chi connectivity index (χ3v) is 4.05. The highest BCUT2D eigenvalue weighted by atomic mass is 15.1. The molecule has 0 radical (unpaired) electrons. The molecular formula is C15H32N2. The first kappa shape index (κ1) is 15.0. The van der Waals surface area contributed by atoms with Crippen molar-refractivity contribution in [1.82, 2.24) is 10.2 Å². The minimum Gasteiger partial charge on any atom is -0.315 e. The highest BCUT2D eigenvalue weighted by Gasteiger charge is 2.18. The average molecular weight is 240 g/mol. The van der Waals surface area contributed by atoms with Gasteiger partial charge in [0.05, 0.1) is 0 Å². The van der Waals surface area contributed by atoms with E-state index < -0.39 is 0 Å². The maximum absolute atomic E-state index is 3.58. The molecule has 1 fully saturated rings. The number of hydrogen-bond acceptors (Lipinski definition) is 2. The van der Waals surface area contributed by atoms with E-state index >= 15 is 0 Å². The van der Waals surface area contributed by atoms with Crippen LogP contribution in [0.2, 0.25) is 0 Å². The Bertz CT molecular complexity index is 164. The Morgan fingerprint density at radius 3 is 2.41 bits per heavy atom. The summed E-state index contributed by atoms with van der Waals surface area (Å²) in [6, 6.07) is 0.876. The number of unbranched alkanes of at least 4 members (excludes halogenated alkanes) is 4. The molecule has 0 heterocycles. The molecule has 0 aromatic rings. The lowest BCUT2D eigenvalue weighted by atomic mass is 10.1. The van der Waals surface area contributed by atoms with Crippen LogP contribution in [0.3, 0.4) is 0 Å². The summed E-state index contributed by atoms with van der Waals surface area (Å²) in [5, 5.41) is 3.58. The zero-order valence-electron chi connectivity index (χ0n) is 12.0. The molecule has 0 spiro atoms. The molecule has 17 heavy (non-hydrogen) atoms. The Balaban J connectivity index is 1.83. The molecule has 0 aromatic heterocycles. The van der Waals surface area contributed by atoms with Crippen molar-refractivity contribution < 1.29 is 0 Å². The summed E-state index contributed by atoms with van der Waals surface area (Å²) in [5.41, 5.74) is 0. The standard InChI is InChI=1S/C15H32N2/c1-3-4-5-6-9-12-16-13-14-17(2)15-10-7-8-11-15/h15-16H,3-14H2,1-2H3. The topological polar surface area (TPSA) is 15.3 Å². The van der Waals surface area contributed by atoms with Crippen LogP contribution >= 0.6 is 0 Å². The van der Waals surface area contributed by atoms with Gasteiger partial charge < -0.3 is 10.2 Å². The van der Waals surface area contributed by atoms with Gasteiger partial charge in [-0.05, 0) is 32.9 Å². The number of nitrogens with one attached hydrogen (secondary N) is 1. The van der Waals surface area contributed by atoms with Crippen molar-refractivity contribution >= 4 is 0 Å². The van der Waals surface area contributed by atoms with Gasteiger partial charge in [0.1, 0.15) is 0 Å². The summed E-state index contributed by atoms with van der Waals surface area (Å²) < 4.78 is 0. The van der Waals surface area contributed by atoms with Crippen LogP contribution in [0.1, 0.15) is 64.7 Å². The molecule has 0 bridgehead atoms. The Morgan fingerprint density at radius 1 is 1.00 bits per heavy atom. The van der Waals surface area contributed by atoms with Gasteiger partial charge >= 0.3 is 0 Å². The van der Waals surface area contributed by atoms with Crippen LogP contribution < -0.4 is 5.32 Å². The van der Waals surface area contributed by atoms with Crippen LogP contribution in [-0.4, -0.2) is 37.6 Å². The van der Waals surface area contributed by atoms with Gasteiger partial charge in [-0.25, -0.2) is 0 Å². The van der Waals surface area contributed by atoms with Crippen molar-refractivity contribution in [3.05, 3.63) is 0 Å². The number of rotatable bonds is 10. The Hall–Kier alpha value is -0.0800. The Morgan fingerprint density at radius 2 is 1.71 bits per heavy atom. The fourth-order valence-electron chi connectivity index (χ4n) is 2.76. The number of hydrogen-bond donors (Lipinski definition) is 1. The summed E-state index contributed by atoms with van der Waals surface area (Å²) in [7, 11) is 2.29. The van der Waals surface area contributed by atoms with Crippen molar-refractivity contribution in [2.45, 2.75) is 70.8 Å². The molecule has 102 valence electrons. The van der Waals surface area contributed by atoms with Crippen molar-refractivity contribution in [3.8, 4) is 0 Å². The number of nitrogens with zero attached hydrogens (tertiary/aromatic N) is 1. The molecule has 0 aliphatic heterocycles. The van der Waals surface area contributed by atoms with Crippen molar-refractivity contribution in [2.75, 3.05) is 26.7 Å². The van der Waals surface area contributed by atoms with E-state index in [1.54, 1.807) is 0 Å². The maximum atomic E-state index is 3.58.